The van der Waals surface area contributed by atoms with Crippen LogP contribution in [0.15, 0.2) is 48.5 Å². The second-order valence-corrected chi connectivity index (χ2v) is 6.41. The van der Waals surface area contributed by atoms with Crippen LogP contribution in [0.1, 0.15) is 6.92 Å². The van der Waals surface area contributed by atoms with Crippen LogP contribution in [-0.2, 0) is 4.79 Å². The summed E-state index contributed by atoms with van der Waals surface area (Å²) in [7, 11) is 1.62. The lowest BCUT2D eigenvalue weighted by Crippen LogP contribution is -2.52. The molecule has 2 aromatic carbocycles. The number of phenols is 1. The van der Waals surface area contributed by atoms with Gasteiger partial charge < -0.3 is 20.1 Å². The maximum atomic E-state index is 12.5. The molecule has 0 spiro atoms. The Labute approximate surface area is 154 Å². The molecule has 1 amide bonds. The molecule has 2 N–H and O–H groups in total. The summed E-state index contributed by atoms with van der Waals surface area (Å²) in [4.78, 5) is 16.8. The van der Waals surface area contributed by atoms with Crippen molar-refractivity contribution in [2.24, 2.45) is 0 Å². The fraction of sp³-hybridized carbons (Fsp3) is 0.350. The second kappa shape index (κ2) is 8.10. The minimum Gasteiger partial charge on any atom is -0.506 e. The zero-order chi connectivity index (χ0) is 18.5. The molecule has 0 aliphatic carbocycles. The Bertz CT molecular complexity index is 740. The molecular formula is C20H25N3O3. The quantitative estimate of drug-likeness (QED) is 0.863. The number of amides is 1. The van der Waals surface area contributed by atoms with E-state index in [1.54, 1.807) is 13.2 Å². The summed E-state index contributed by atoms with van der Waals surface area (Å²) in [6, 6.07) is 14.5. The Morgan fingerprint density at radius 1 is 1.08 bits per heavy atom. The number of phenolic OH excluding ortho intramolecular Hbond substituents is 1. The summed E-state index contributed by atoms with van der Waals surface area (Å²) in [5, 5.41) is 13.0. The van der Waals surface area contributed by atoms with Crippen LogP contribution >= 0.6 is 0 Å². The summed E-state index contributed by atoms with van der Waals surface area (Å²) in [5.74, 6) is 1.04. The predicted molar refractivity (Wildman–Crippen MR) is 103 cm³/mol. The molecule has 0 bridgehead atoms. The molecule has 1 aliphatic rings. The number of ether oxygens (including phenoxy) is 1. The van der Waals surface area contributed by atoms with E-state index >= 15 is 0 Å². The minimum atomic E-state index is -0.219. The number of piperazine rings is 1. The fourth-order valence-electron chi connectivity index (χ4n) is 3.17. The average molecular weight is 355 g/mol. The molecule has 0 aromatic heterocycles. The highest BCUT2D eigenvalue weighted by Gasteiger charge is 2.26. The molecule has 0 saturated carbocycles. The van der Waals surface area contributed by atoms with E-state index in [1.807, 2.05) is 49.4 Å². The van der Waals surface area contributed by atoms with Crippen molar-refractivity contribution in [2.75, 3.05) is 43.5 Å². The lowest BCUT2D eigenvalue weighted by molar-refractivity contribution is -0.120. The highest BCUT2D eigenvalue weighted by Crippen LogP contribution is 2.27. The van der Waals surface area contributed by atoms with Gasteiger partial charge in [-0.15, -0.1) is 0 Å². The van der Waals surface area contributed by atoms with E-state index in [4.69, 9.17) is 4.74 Å². The molecule has 1 saturated heterocycles. The maximum absolute atomic E-state index is 12.5. The maximum Gasteiger partial charge on any atom is 0.241 e. The minimum absolute atomic E-state index is 0.0221. The van der Waals surface area contributed by atoms with E-state index in [-0.39, 0.29) is 11.9 Å². The third-order valence-electron chi connectivity index (χ3n) is 4.82. The molecule has 1 atom stereocenters. The summed E-state index contributed by atoms with van der Waals surface area (Å²) in [6.45, 7) is 5.01. The number of rotatable bonds is 5. The van der Waals surface area contributed by atoms with Crippen molar-refractivity contribution in [1.82, 2.24) is 4.90 Å². The number of hydrogen-bond acceptors (Lipinski definition) is 5. The van der Waals surface area contributed by atoms with Gasteiger partial charge in [-0.25, -0.2) is 0 Å². The molecule has 1 aliphatic heterocycles. The van der Waals surface area contributed by atoms with Crippen LogP contribution < -0.4 is 15.0 Å². The molecule has 1 unspecified atom stereocenters. The molecule has 26 heavy (non-hydrogen) atoms. The first-order chi connectivity index (χ1) is 12.6. The van der Waals surface area contributed by atoms with E-state index in [2.05, 4.69) is 15.1 Å². The van der Waals surface area contributed by atoms with Crippen LogP contribution in [0.25, 0.3) is 0 Å². The summed E-state index contributed by atoms with van der Waals surface area (Å²) >= 11 is 0. The topological polar surface area (TPSA) is 65.0 Å². The number of methoxy groups -OCH3 is 1. The fourth-order valence-corrected chi connectivity index (χ4v) is 3.17. The number of carbonyl (C=O) groups is 1. The second-order valence-electron chi connectivity index (χ2n) is 6.41. The Balaban J connectivity index is 1.54. The number of hydrogen-bond donors (Lipinski definition) is 2. The Hall–Kier alpha value is -2.73. The van der Waals surface area contributed by atoms with Gasteiger partial charge in [0.25, 0.3) is 0 Å². The first-order valence-corrected chi connectivity index (χ1v) is 8.80. The molecule has 138 valence electrons. The SMILES string of the molecule is COc1ccc(NC(=O)C(C)N2CCN(c3ccccc3O)CC2)cc1. The van der Waals surface area contributed by atoms with Gasteiger partial charge in [0.15, 0.2) is 0 Å². The number of carbonyl (C=O) groups excluding carboxylic acids is 1. The zero-order valence-corrected chi connectivity index (χ0v) is 15.2. The Kier molecular flexibility index (Phi) is 5.63. The normalized spacial score (nSPS) is 16.2. The largest absolute Gasteiger partial charge is 0.506 e. The summed E-state index contributed by atoms with van der Waals surface area (Å²) < 4.78 is 5.13. The van der Waals surface area contributed by atoms with Gasteiger partial charge in [-0.1, -0.05) is 12.1 Å². The molecule has 0 radical (unpaired) electrons. The lowest BCUT2D eigenvalue weighted by atomic mass is 10.2. The number of benzene rings is 2. The third-order valence-corrected chi connectivity index (χ3v) is 4.82. The monoisotopic (exact) mass is 355 g/mol. The van der Waals surface area contributed by atoms with E-state index in [9.17, 15) is 9.90 Å². The van der Waals surface area contributed by atoms with Crippen molar-refractivity contribution in [3.63, 3.8) is 0 Å². The number of nitrogens with one attached hydrogen (secondary N) is 1. The van der Waals surface area contributed by atoms with Gasteiger partial charge >= 0.3 is 0 Å². The van der Waals surface area contributed by atoms with E-state index in [0.29, 0.717) is 5.75 Å². The number of anilines is 2. The van der Waals surface area contributed by atoms with Crippen LogP contribution in [0, 0.1) is 0 Å². The lowest BCUT2D eigenvalue weighted by Gasteiger charge is -2.38. The standard InChI is InChI=1S/C20H25N3O3/c1-15(20(25)21-16-7-9-17(26-2)10-8-16)22-11-13-23(14-12-22)18-5-3-4-6-19(18)24/h3-10,15,24H,11-14H2,1-2H3,(H,21,25). The molecule has 6 heteroatoms. The van der Waals surface area contributed by atoms with Gasteiger partial charge in [-0.2, -0.15) is 0 Å². The molecule has 2 aromatic rings. The van der Waals surface area contributed by atoms with Gasteiger partial charge in [0.05, 0.1) is 18.8 Å². The van der Waals surface area contributed by atoms with Gasteiger partial charge in [0.1, 0.15) is 11.5 Å². The van der Waals surface area contributed by atoms with Gasteiger partial charge in [-0.3, -0.25) is 9.69 Å². The van der Waals surface area contributed by atoms with Crippen molar-refractivity contribution < 1.29 is 14.6 Å². The number of aromatic hydroxyl groups is 1. The molecular weight excluding hydrogens is 330 g/mol. The number of para-hydroxylation sites is 2. The van der Waals surface area contributed by atoms with Gasteiger partial charge in [0.2, 0.25) is 5.91 Å². The average Bonchev–Trinajstić information content (AvgIpc) is 2.68. The van der Waals surface area contributed by atoms with Crippen LogP contribution in [0.4, 0.5) is 11.4 Å². The summed E-state index contributed by atoms with van der Waals surface area (Å²) in [6.07, 6.45) is 0. The number of nitrogens with zero attached hydrogens (tertiary/aromatic N) is 2. The summed E-state index contributed by atoms with van der Waals surface area (Å²) in [5.41, 5.74) is 1.61. The first kappa shape index (κ1) is 18.1. The molecule has 1 fully saturated rings. The van der Waals surface area contributed by atoms with Crippen LogP contribution in [0.3, 0.4) is 0 Å². The van der Waals surface area contributed by atoms with Crippen molar-refractivity contribution in [3.8, 4) is 11.5 Å². The smallest absolute Gasteiger partial charge is 0.241 e. The van der Waals surface area contributed by atoms with Gasteiger partial charge in [0, 0.05) is 31.9 Å². The van der Waals surface area contributed by atoms with E-state index < -0.39 is 0 Å². The Morgan fingerprint density at radius 2 is 1.73 bits per heavy atom. The Morgan fingerprint density at radius 3 is 2.35 bits per heavy atom. The van der Waals surface area contributed by atoms with Crippen LogP contribution in [-0.4, -0.2) is 55.2 Å². The predicted octanol–water partition coefficient (Wildman–Crippen LogP) is 2.55. The van der Waals surface area contributed by atoms with E-state index in [0.717, 1.165) is 43.3 Å². The molecule has 1 heterocycles. The van der Waals surface area contributed by atoms with Crippen LogP contribution in [0.5, 0.6) is 11.5 Å². The van der Waals surface area contributed by atoms with Crippen molar-refractivity contribution in [3.05, 3.63) is 48.5 Å². The van der Waals surface area contributed by atoms with Gasteiger partial charge in [-0.05, 0) is 43.3 Å². The van der Waals surface area contributed by atoms with Crippen molar-refractivity contribution in [2.45, 2.75) is 13.0 Å². The van der Waals surface area contributed by atoms with Crippen LogP contribution in [0.2, 0.25) is 0 Å². The molecule has 3 rings (SSSR count). The highest BCUT2D eigenvalue weighted by molar-refractivity contribution is 5.94. The zero-order valence-electron chi connectivity index (χ0n) is 15.2. The first-order valence-electron chi connectivity index (χ1n) is 8.80. The van der Waals surface area contributed by atoms with E-state index in [1.165, 1.54) is 0 Å². The third kappa shape index (κ3) is 4.08. The van der Waals surface area contributed by atoms with Crippen molar-refractivity contribution in [1.29, 1.82) is 0 Å². The highest BCUT2D eigenvalue weighted by atomic mass is 16.5. The van der Waals surface area contributed by atoms with Crippen molar-refractivity contribution >= 4 is 17.3 Å². The molecule has 6 nitrogen and oxygen atoms in total.